The van der Waals surface area contributed by atoms with Gasteiger partial charge in [-0.25, -0.2) is 4.39 Å². The zero-order valence-electron chi connectivity index (χ0n) is 18.6. The van der Waals surface area contributed by atoms with Gasteiger partial charge < -0.3 is 14.2 Å². The molecule has 0 atom stereocenters. The van der Waals surface area contributed by atoms with Gasteiger partial charge in [0.05, 0.1) is 0 Å². The number of esters is 3. The van der Waals surface area contributed by atoms with Crippen LogP contribution in [-0.2, 0) is 14.4 Å². The molecule has 0 aliphatic rings. The molecule has 3 aromatic rings. The fourth-order valence-corrected chi connectivity index (χ4v) is 2.40. The fraction of sp³-hybridized carbons (Fsp3) is 0.160. The molecule has 0 aliphatic heterocycles. The van der Waals surface area contributed by atoms with Gasteiger partial charge in [-0.2, -0.15) is 0 Å². The number of halogens is 2. The highest BCUT2D eigenvalue weighted by molar-refractivity contribution is 6.30. The van der Waals surface area contributed by atoms with Gasteiger partial charge in [0.2, 0.25) is 0 Å². The van der Waals surface area contributed by atoms with Crippen molar-refractivity contribution in [1.82, 2.24) is 0 Å². The lowest BCUT2D eigenvalue weighted by Gasteiger charge is -2.02. The highest BCUT2D eigenvalue weighted by Crippen LogP contribution is 2.17. The second-order valence-electron chi connectivity index (χ2n) is 6.46. The van der Waals surface area contributed by atoms with Gasteiger partial charge in [-0.15, -0.1) is 0 Å². The summed E-state index contributed by atoms with van der Waals surface area (Å²) in [5, 5.41) is 0.559. The zero-order chi connectivity index (χ0) is 24.8. The number of benzene rings is 3. The summed E-state index contributed by atoms with van der Waals surface area (Å²) >= 11 is 5.64. The number of carbonyl (C=O) groups excluding carboxylic acids is 3. The largest absolute Gasteiger partial charge is 0.427 e. The molecule has 0 N–H and O–H groups in total. The van der Waals surface area contributed by atoms with E-state index in [1.54, 1.807) is 30.3 Å². The lowest BCUT2D eigenvalue weighted by Crippen LogP contribution is -2.02. The van der Waals surface area contributed by atoms with Crippen LogP contribution in [0.5, 0.6) is 17.2 Å². The Hall–Kier alpha value is -3.71. The number of hydrogen-bond donors (Lipinski definition) is 0. The van der Waals surface area contributed by atoms with Gasteiger partial charge in [0.1, 0.15) is 23.1 Å². The summed E-state index contributed by atoms with van der Waals surface area (Å²) < 4.78 is 26.7. The van der Waals surface area contributed by atoms with Crippen LogP contribution in [0.1, 0.15) is 26.3 Å². The summed E-state index contributed by atoms with van der Waals surface area (Å²) in [4.78, 5) is 31.4. The Morgan fingerprint density at radius 2 is 1.21 bits per heavy atom. The Kier molecular flexibility index (Phi) is 11.9. The van der Waals surface area contributed by atoms with E-state index in [9.17, 15) is 18.8 Å². The zero-order valence-corrected chi connectivity index (χ0v) is 19.4. The quantitative estimate of drug-likeness (QED) is 0.345. The first-order valence-corrected chi connectivity index (χ1v) is 10.1. The maximum absolute atomic E-state index is 12.4. The van der Waals surface area contributed by atoms with Crippen LogP contribution < -0.4 is 14.2 Å². The van der Waals surface area contributed by atoms with Crippen molar-refractivity contribution in [2.24, 2.45) is 0 Å². The molecule has 0 radical (unpaired) electrons. The molecule has 0 aliphatic carbocycles. The van der Waals surface area contributed by atoms with Gasteiger partial charge >= 0.3 is 17.9 Å². The van der Waals surface area contributed by atoms with E-state index in [0.717, 1.165) is 11.6 Å². The molecule has 0 saturated heterocycles. The Labute approximate surface area is 196 Å². The monoisotopic (exact) mass is 474 g/mol. The van der Waals surface area contributed by atoms with Gasteiger partial charge in [-0.3, -0.25) is 14.4 Å². The average Bonchev–Trinajstić information content (AvgIpc) is 2.69. The number of hydrogen-bond acceptors (Lipinski definition) is 6. The summed E-state index contributed by atoms with van der Waals surface area (Å²) in [6.07, 6.45) is 0. The molecule has 0 amide bonds. The molecule has 0 heterocycles. The fourth-order valence-electron chi connectivity index (χ4n) is 2.22. The average molecular weight is 475 g/mol. The van der Waals surface area contributed by atoms with Gasteiger partial charge in [0, 0.05) is 31.9 Å². The van der Waals surface area contributed by atoms with E-state index in [4.69, 9.17) is 21.1 Å². The van der Waals surface area contributed by atoms with Crippen LogP contribution in [0, 0.1) is 12.7 Å². The van der Waals surface area contributed by atoms with Crippen molar-refractivity contribution in [1.29, 1.82) is 0 Å². The predicted molar refractivity (Wildman–Crippen MR) is 123 cm³/mol. The minimum Gasteiger partial charge on any atom is -0.427 e. The van der Waals surface area contributed by atoms with E-state index in [-0.39, 0.29) is 17.7 Å². The van der Waals surface area contributed by atoms with Crippen molar-refractivity contribution in [3.05, 3.63) is 89.2 Å². The second-order valence-corrected chi connectivity index (χ2v) is 6.90. The minimum atomic E-state index is -0.449. The molecular formula is C25H24ClFO6. The molecule has 174 valence electrons. The summed E-state index contributed by atoms with van der Waals surface area (Å²) in [6, 6.07) is 19.6. The third-order valence-corrected chi connectivity index (χ3v) is 3.70. The van der Waals surface area contributed by atoms with Crippen LogP contribution in [-0.4, -0.2) is 17.9 Å². The third-order valence-electron chi connectivity index (χ3n) is 3.46. The summed E-state index contributed by atoms with van der Waals surface area (Å²) in [7, 11) is 0. The lowest BCUT2D eigenvalue weighted by molar-refractivity contribution is -0.132. The highest BCUT2D eigenvalue weighted by Gasteiger charge is 1.99. The van der Waals surface area contributed by atoms with Crippen LogP contribution in [0.3, 0.4) is 0 Å². The molecule has 0 saturated carbocycles. The Balaban J connectivity index is 0.000000247. The second kappa shape index (κ2) is 14.4. The van der Waals surface area contributed by atoms with E-state index in [2.05, 4.69) is 4.74 Å². The molecule has 8 heteroatoms. The minimum absolute atomic E-state index is 0.234. The van der Waals surface area contributed by atoms with Gasteiger partial charge in [0.15, 0.2) is 0 Å². The number of aryl methyl sites for hydroxylation is 1. The SMILES string of the molecule is CC(=O)Oc1cccc(Cl)c1.CC(=O)Oc1cccc(F)c1.CC(=O)Oc1ccccc1C. The van der Waals surface area contributed by atoms with E-state index >= 15 is 0 Å². The molecular weight excluding hydrogens is 451 g/mol. The van der Waals surface area contributed by atoms with Crippen LogP contribution in [0.15, 0.2) is 72.8 Å². The van der Waals surface area contributed by atoms with E-state index < -0.39 is 11.8 Å². The predicted octanol–water partition coefficient (Wildman–Crippen LogP) is 5.94. The third kappa shape index (κ3) is 12.7. The summed E-state index contributed by atoms with van der Waals surface area (Å²) in [5.41, 5.74) is 0.975. The Bertz CT molecular complexity index is 1030. The summed E-state index contributed by atoms with van der Waals surface area (Å²) in [5.74, 6) is -0.131. The standard InChI is InChI=1S/C9H10O2.C8H7ClO2.C8H7FO2/c1-7-5-3-4-6-9(7)11-8(2)10;2*1-6(10)11-8-4-2-3-7(9)5-8/h3-6H,1-2H3;2*2-5H,1H3. The molecule has 0 unspecified atom stereocenters. The maximum atomic E-state index is 12.4. The highest BCUT2D eigenvalue weighted by atomic mass is 35.5. The molecule has 6 nitrogen and oxygen atoms in total. The van der Waals surface area contributed by atoms with Crippen LogP contribution in [0.4, 0.5) is 4.39 Å². The molecule has 0 spiro atoms. The van der Waals surface area contributed by atoms with Gasteiger partial charge in [-0.1, -0.05) is 41.9 Å². The van der Waals surface area contributed by atoms with Crippen molar-refractivity contribution in [2.45, 2.75) is 27.7 Å². The first-order chi connectivity index (χ1) is 15.6. The molecule has 3 rings (SSSR count). The molecule has 0 bridgehead atoms. The van der Waals surface area contributed by atoms with E-state index in [1.807, 2.05) is 25.1 Å². The van der Waals surface area contributed by atoms with Crippen molar-refractivity contribution in [3.8, 4) is 17.2 Å². The van der Waals surface area contributed by atoms with Crippen molar-refractivity contribution in [3.63, 3.8) is 0 Å². The molecule has 33 heavy (non-hydrogen) atoms. The van der Waals surface area contributed by atoms with E-state index in [0.29, 0.717) is 16.5 Å². The first kappa shape index (κ1) is 27.3. The molecule has 3 aromatic carbocycles. The van der Waals surface area contributed by atoms with Gasteiger partial charge in [0.25, 0.3) is 0 Å². The smallest absolute Gasteiger partial charge is 0.308 e. The number of carbonyl (C=O) groups is 3. The Morgan fingerprint density at radius 3 is 1.70 bits per heavy atom. The van der Waals surface area contributed by atoms with Crippen LogP contribution in [0.2, 0.25) is 5.02 Å². The normalized spacial score (nSPS) is 9.27. The number of ether oxygens (including phenoxy) is 3. The Morgan fingerprint density at radius 1 is 0.697 bits per heavy atom. The molecule has 0 aromatic heterocycles. The van der Waals surface area contributed by atoms with Crippen LogP contribution >= 0.6 is 11.6 Å². The first-order valence-electron chi connectivity index (χ1n) is 9.69. The summed E-state index contributed by atoms with van der Waals surface area (Å²) in [6.45, 7) is 5.91. The van der Waals surface area contributed by atoms with Crippen molar-refractivity contribution < 1.29 is 33.0 Å². The maximum Gasteiger partial charge on any atom is 0.308 e. The number of para-hydroxylation sites is 1. The van der Waals surface area contributed by atoms with Crippen LogP contribution in [0.25, 0.3) is 0 Å². The van der Waals surface area contributed by atoms with Crippen molar-refractivity contribution in [2.75, 3.05) is 0 Å². The number of rotatable bonds is 3. The topological polar surface area (TPSA) is 78.9 Å². The van der Waals surface area contributed by atoms with E-state index in [1.165, 1.54) is 39.0 Å². The van der Waals surface area contributed by atoms with Gasteiger partial charge in [-0.05, 0) is 48.9 Å². The molecule has 0 fully saturated rings. The lowest BCUT2D eigenvalue weighted by atomic mass is 10.2. The van der Waals surface area contributed by atoms with Crippen molar-refractivity contribution >= 4 is 29.5 Å².